The molecule has 0 spiro atoms. The van der Waals surface area contributed by atoms with Crippen LogP contribution in [0.2, 0.25) is 0 Å². The first kappa shape index (κ1) is 22.1. The molecule has 2 rings (SSSR count). The second-order valence-electron chi connectivity index (χ2n) is 6.05. The lowest BCUT2D eigenvalue weighted by Gasteiger charge is -2.35. The van der Waals surface area contributed by atoms with Crippen molar-refractivity contribution in [3.8, 4) is 0 Å². The fraction of sp³-hybridized carbons (Fsp3) is 0.647. The summed E-state index contributed by atoms with van der Waals surface area (Å²) in [6.07, 6.45) is 4.72. The molecule has 0 unspecified atom stereocenters. The summed E-state index contributed by atoms with van der Waals surface area (Å²) in [7, 11) is 0. The second kappa shape index (κ2) is 11.6. The van der Waals surface area contributed by atoms with Crippen molar-refractivity contribution in [2.75, 3.05) is 32.4 Å². The van der Waals surface area contributed by atoms with E-state index in [1.54, 1.807) is 0 Å². The van der Waals surface area contributed by atoms with Gasteiger partial charge in [0.25, 0.3) is 0 Å². The monoisotopic (exact) mass is 364 g/mol. The van der Waals surface area contributed by atoms with Crippen LogP contribution in [0.4, 0.5) is 0 Å². The van der Waals surface area contributed by atoms with Gasteiger partial charge in [0.05, 0.1) is 0 Å². The Bertz CT molecular complexity index is 392. The van der Waals surface area contributed by atoms with E-state index >= 15 is 0 Å². The van der Waals surface area contributed by atoms with Crippen LogP contribution in [-0.4, -0.2) is 37.3 Å². The lowest BCUT2D eigenvalue weighted by atomic mass is 9.96. The molecule has 5 heteroatoms. The zero-order valence-electron chi connectivity index (χ0n) is 13.9. The van der Waals surface area contributed by atoms with Crippen LogP contribution in [0.1, 0.15) is 38.3 Å². The molecule has 0 aromatic heterocycles. The van der Waals surface area contributed by atoms with E-state index in [0.29, 0.717) is 6.04 Å². The van der Waals surface area contributed by atoms with Gasteiger partial charge in [-0.1, -0.05) is 26.0 Å². The van der Waals surface area contributed by atoms with Crippen LogP contribution in [0.25, 0.3) is 0 Å². The molecule has 1 heterocycles. The van der Waals surface area contributed by atoms with E-state index in [4.69, 9.17) is 0 Å². The van der Waals surface area contributed by atoms with Crippen LogP contribution in [0.15, 0.2) is 29.2 Å². The molecule has 0 bridgehead atoms. The minimum Gasteiger partial charge on any atom is -0.314 e. The van der Waals surface area contributed by atoms with E-state index in [0.717, 1.165) is 19.0 Å². The number of rotatable bonds is 6. The van der Waals surface area contributed by atoms with Gasteiger partial charge < -0.3 is 5.32 Å². The normalized spacial score (nSPS) is 16.7. The molecule has 1 saturated heterocycles. The van der Waals surface area contributed by atoms with E-state index in [1.807, 2.05) is 11.8 Å². The first-order valence-corrected chi connectivity index (χ1v) is 9.02. The Kier molecular flexibility index (Phi) is 11.6. The van der Waals surface area contributed by atoms with Crippen molar-refractivity contribution in [3.05, 3.63) is 29.8 Å². The van der Waals surface area contributed by atoms with Crippen LogP contribution in [0, 0.1) is 5.92 Å². The van der Waals surface area contributed by atoms with Gasteiger partial charge in [0.1, 0.15) is 0 Å². The van der Waals surface area contributed by atoms with Gasteiger partial charge in [-0.05, 0) is 42.7 Å². The molecular weight excluding hydrogens is 335 g/mol. The minimum absolute atomic E-state index is 0. The first-order chi connectivity index (χ1) is 9.70. The Hall–Kier alpha value is 0.0700. The van der Waals surface area contributed by atoms with E-state index < -0.39 is 0 Å². The summed E-state index contributed by atoms with van der Waals surface area (Å²) in [5.41, 5.74) is 1.49. The number of nitrogens with one attached hydrogen (secondary N) is 1. The van der Waals surface area contributed by atoms with Gasteiger partial charge >= 0.3 is 0 Å². The molecule has 1 aliphatic heterocycles. The number of halogens is 2. The van der Waals surface area contributed by atoms with E-state index in [2.05, 4.69) is 54.6 Å². The SMILES string of the molecule is CSc1ccc([C@H](CCC(C)C)N2CCNCC2)cc1.Cl.Cl. The summed E-state index contributed by atoms with van der Waals surface area (Å²) >= 11 is 1.82. The zero-order valence-corrected chi connectivity index (χ0v) is 16.3. The molecule has 128 valence electrons. The van der Waals surface area contributed by atoms with Crippen molar-refractivity contribution in [2.24, 2.45) is 5.92 Å². The van der Waals surface area contributed by atoms with Crippen LogP contribution in [-0.2, 0) is 0 Å². The highest BCUT2D eigenvalue weighted by molar-refractivity contribution is 7.98. The summed E-state index contributed by atoms with van der Waals surface area (Å²) in [6, 6.07) is 9.79. The van der Waals surface area contributed by atoms with Crippen molar-refractivity contribution in [3.63, 3.8) is 0 Å². The molecule has 0 aliphatic carbocycles. The van der Waals surface area contributed by atoms with Gasteiger partial charge in [-0.15, -0.1) is 36.6 Å². The van der Waals surface area contributed by atoms with Gasteiger partial charge in [-0.25, -0.2) is 0 Å². The minimum atomic E-state index is 0. The topological polar surface area (TPSA) is 15.3 Å². The third kappa shape index (κ3) is 6.67. The first-order valence-electron chi connectivity index (χ1n) is 7.79. The predicted molar refractivity (Wildman–Crippen MR) is 104 cm³/mol. The van der Waals surface area contributed by atoms with Crippen LogP contribution in [0.5, 0.6) is 0 Å². The highest BCUT2D eigenvalue weighted by Gasteiger charge is 2.22. The lowest BCUT2D eigenvalue weighted by molar-refractivity contribution is 0.160. The molecular formula is C17H30Cl2N2S. The molecule has 0 amide bonds. The van der Waals surface area contributed by atoms with Gasteiger partial charge in [-0.3, -0.25) is 4.90 Å². The largest absolute Gasteiger partial charge is 0.314 e. The quantitative estimate of drug-likeness (QED) is 0.740. The number of thioether (sulfide) groups is 1. The molecule has 1 aromatic carbocycles. The summed E-state index contributed by atoms with van der Waals surface area (Å²) in [4.78, 5) is 4.02. The van der Waals surface area contributed by atoms with Crippen molar-refractivity contribution in [1.82, 2.24) is 10.2 Å². The summed E-state index contributed by atoms with van der Waals surface area (Å²) < 4.78 is 0. The molecule has 1 atom stereocenters. The molecule has 1 aromatic rings. The van der Waals surface area contributed by atoms with Crippen molar-refractivity contribution in [2.45, 2.75) is 37.6 Å². The third-order valence-corrected chi connectivity index (χ3v) is 4.85. The average molecular weight is 365 g/mol. The van der Waals surface area contributed by atoms with Crippen molar-refractivity contribution in [1.29, 1.82) is 0 Å². The lowest BCUT2D eigenvalue weighted by Crippen LogP contribution is -2.45. The number of hydrogen-bond acceptors (Lipinski definition) is 3. The number of hydrogen-bond donors (Lipinski definition) is 1. The number of piperazine rings is 1. The smallest absolute Gasteiger partial charge is 0.0349 e. The van der Waals surface area contributed by atoms with Crippen LogP contribution in [0.3, 0.4) is 0 Å². The molecule has 1 aliphatic rings. The van der Waals surface area contributed by atoms with Crippen molar-refractivity contribution >= 4 is 36.6 Å². The molecule has 2 nitrogen and oxygen atoms in total. The van der Waals surface area contributed by atoms with Crippen molar-refractivity contribution < 1.29 is 0 Å². The third-order valence-electron chi connectivity index (χ3n) is 4.11. The average Bonchev–Trinajstić information content (AvgIpc) is 2.49. The highest BCUT2D eigenvalue weighted by atomic mass is 35.5. The Labute approximate surface area is 152 Å². The summed E-state index contributed by atoms with van der Waals surface area (Å²) in [6.45, 7) is 9.25. The summed E-state index contributed by atoms with van der Waals surface area (Å²) in [5.74, 6) is 0.783. The maximum absolute atomic E-state index is 3.46. The van der Waals surface area contributed by atoms with Gasteiger partial charge in [0.2, 0.25) is 0 Å². The van der Waals surface area contributed by atoms with E-state index in [1.165, 1.54) is 36.4 Å². The second-order valence-corrected chi connectivity index (χ2v) is 6.93. The zero-order chi connectivity index (χ0) is 14.4. The Morgan fingerprint density at radius 2 is 1.64 bits per heavy atom. The molecule has 1 fully saturated rings. The Balaban J connectivity index is 0.00000220. The van der Waals surface area contributed by atoms with Gasteiger partial charge in [0.15, 0.2) is 0 Å². The molecule has 0 radical (unpaired) electrons. The highest BCUT2D eigenvalue weighted by Crippen LogP contribution is 2.29. The van der Waals surface area contributed by atoms with Gasteiger partial charge in [-0.2, -0.15) is 0 Å². The van der Waals surface area contributed by atoms with E-state index in [9.17, 15) is 0 Å². The summed E-state index contributed by atoms with van der Waals surface area (Å²) in [5, 5.41) is 3.46. The fourth-order valence-corrected chi connectivity index (χ4v) is 3.28. The molecule has 1 N–H and O–H groups in total. The molecule has 22 heavy (non-hydrogen) atoms. The fourth-order valence-electron chi connectivity index (χ4n) is 2.87. The van der Waals surface area contributed by atoms with Gasteiger partial charge in [0, 0.05) is 37.1 Å². The standard InChI is InChI=1S/C17H28N2S.2ClH/c1-14(2)4-9-17(19-12-10-18-11-13-19)15-5-7-16(20-3)8-6-15;;/h5-8,14,17-18H,4,9-13H2,1-3H3;2*1H/t17-;;/m0../s1. The van der Waals surface area contributed by atoms with Crippen LogP contribution < -0.4 is 5.32 Å². The van der Waals surface area contributed by atoms with E-state index in [-0.39, 0.29) is 24.8 Å². The predicted octanol–water partition coefficient (Wildman–Crippen LogP) is 4.63. The Morgan fingerprint density at radius 1 is 1.05 bits per heavy atom. The number of nitrogens with zero attached hydrogens (tertiary/aromatic N) is 1. The Morgan fingerprint density at radius 3 is 2.14 bits per heavy atom. The maximum Gasteiger partial charge on any atom is 0.0349 e. The maximum atomic E-state index is 3.46. The number of benzene rings is 1. The molecule has 0 saturated carbocycles. The van der Waals surface area contributed by atoms with Crippen LogP contribution >= 0.6 is 36.6 Å².